The minimum atomic E-state index is -0.653. The lowest BCUT2D eigenvalue weighted by molar-refractivity contribution is -0.119. The number of hydrogen-bond donors (Lipinski definition) is 2. The van der Waals surface area contributed by atoms with Crippen molar-refractivity contribution in [1.82, 2.24) is 9.55 Å². The van der Waals surface area contributed by atoms with E-state index in [9.17, 15) is 14.4 Å². The van der Waals surface area contributed by atoms with Gasteiger partial charge in [0.2, 0.25) is 5.91 Å². The fourth-order valence-electron chi connectivity index (χ4n) is 3.89. The van der Waals surface area contributed by atoms with Crippen molar-refractivity contribution in [2.75, 3.05) is 23.8 Å². The minimum absolute atomic E-state index is 0.0204. The molecule has 8 nitrogen and oxygen atoms in total. The number of amides is 1. The molecule has 1 aromatic heterocycles. The first-order valence-corrected chi connectivity index (χ1v) is 12.2. The molecule has 0 fully saturated rings. The molecule has 1 heterocycles. The maximum Gasteiger partial charge on any atom is 0.330 e. The number of aromatic amines is 1. The van der Waals surface area contributed by atoms with E-state index in [4.69, 9.17) is 10.5 Å². The van der Waals surface area contributed by atoms with Crippen molar-refractivity contribution in [2.24, 2.45) is 0 Å². The first kappa shape index (κ1) is 25.8. The van der Waals surface area contributed by atoms with Gasteiger partial charge in [0.05, 0.1) is 13.0 Å². The molecule has 0 aliphatic carbocycles. The topological polar surface area (TPSA) is 110 Å². The monoisotopic (exact) mass is 478 g/mol. The van der Waals surface area contributed by atoms with Crippen molar-refractivity contribution in [2.45, 2.75) is 52.5 Å². The highest BCUT2D eigenvalue weighted by Crippen LogP contribution is 2.29. The van der Waals surface area contributed by atoms with Crippen LogP contribution in [0, 0.1) is 0 Å². The number of anilines is 2. The van der Waals surface area contributed by atoms with E-state index in [1.54, 1.807) is 0 Å². The summed E-state index contributed by atoms with van der Waals surface area (Å²) in [7, 11) is 0. The standard InChI is InChI=1S/C27H34N4O4/c1-3-5-17-30(24-25(28)31(18-6-4-2)27(34)29-26(24)33)23(32)16-19-35-22-15-11-10-14-21(22)20-12-8-7-9-13-20/h7-15H,3-6,16-19,28H2,1-2H3,(H,29,33,34). The van der Waals surface area contributed by atoms with Gasteiger partial charge in [-0.2, -0.15) is 0 Å². The van der Waals surface area contributed by atoms with E-state index < -0.39 is 11.2 Å². The summed E-state index contributed by atoms with van der Waals surface area (Å²) < 4.78 is 7.32. The highest BCUT2D eigenvalue weighted by molar-refractivity contribution is 5.95. The quantitative estimate of drug-likeness (QED) is 0.406. The molecule has 2 aromatic carbocycles. The number of rotatable bonds is 12. The molecule has 0 saturated heterocycles. The third-order valence-electron chi connectivity index (χ3n) is 5.80. The molecule has 3 aromatic rings. The average Bonchev–Trinajstić information content (AvgIpc) is 2.86. The zero-order chi connectivity index (χ0) is 25.2. The molecule has 0 saturated carbocycles. The molecule has 0 aliphatic heterocycles. The SMILES string of the molecule is CCCCN(C(=O)CCOc1ccccc1-c1ccccc1)c1c(N)n(CCCC)c(=O)[nH]c1=O. The largest absolute Gasteiger partial charge is 0.492 e. The summed E-state index contributed by atoms with van der Waals surface area (Å²) in [5, 5.41) is 0. The van der Waals surface area contributed by atoms with E-state index in [2.05, 4.69) is 4.98 Å². The van der Waals surface area contributed by atoms with Crippen molar-refractivity contribution in [1.29, 1.82) is 0 Å². The zero-order valence-electron chi connectivity index (χ0n) is 20.5. The second-order valence-electron chi connectivity index (χ2n) is 8.36. The number of nitrogens with two attached hydrogens (primary N) is 1. The van der Waals surface area contributed by atoms with E-state index in [0.717, 1.165) is 30.4 Å². The number of unbranched alkanes of at least 4 members (excludes halogenated alkanes) is 2. The van der Waals surface area contributed by atoms with Crippen molar-refractivity contribution in [3.05, 3.63) is 75.4 Å². The Morgan fingerprint density at radius 3 is 2.40 bits per heavy atom. The van der Waals surface area contributed by atoms with E-state index in [-0.39, 0.29) is 30.4 Å². The van der Waals surface area contributed by atoms with Gasteiger partial charge < -0.3 is 15.4 Å². The molecule has 0 bridgehead atoms. The summed E-state index contributed by atoms with van der Waals surface area (Å²) in [4.78, 5) is 42.0. The molecule has 3 N–H and O–H groups in total. The molecule has 186 valence electrons. The van der Waals surface area contributed by atoms with Gasteiger partial charge in [-0.25, -0.2) is 4.79 Å². The lowest BCUT2D eigenvalue weighted by Crippen LogP contribution is -2.42. The zero-order valence-corrected chi connectivity index (χ0v) is 20.5. The molecule has 0 unspecified atom stereocenters. The number of aromatic nitrogens is 2. The lowest BCUT2D eigenvalue weighted by atomic mass is 10.1. The second-order valence-corrected chi connectivity index (χ2v) is 8.36. The van der Waals surface area contributed by atoms with E-state index in [0.29, 0.717) is 25.3 Å². The van der Waals surface area contributed by atoms with Crippen LogP contribution in [0.3, 0.4) is 0 Å². The fraction of sp³-hybridized carbons (Fsp3) is 0.370. The van der Waals surface area contributed by atoms with Crippen LogP contribution in [0.5, 0.6) is 5.75 Å². The molecule has 3 rings (SSSR count). The van der Waals surface area contributed by atoms with Crippen molar-refractivity contribution in [3.63, 3.8) is 0 Å². The first-order valence-electron chi connectivity index (χ1n) is 12.2. The number of para-hydroxylation sites is 1. The van der Waals surface area contributed by atoms with Gasteiger partial charge in [0, 0.05) is 18.7 Å². The summed E-state index contributed by atoms with van der Waals surface area (Å²) in [6.45, 7) is 4.84. The number of hydrogen-bond acceptors (Lipinski definition) is 5. The van der Waals surface area contributed by atoms with Crippen molar-refractivity contribution < 1.29 is 9.53 Å². The van der Waals surface area contributed by atoms with Crippen LogP contribution in [0.2, 0.25) is 0 Å². The normalized spacial score (nSPS) is 10.8. The predicted octanol–water partition coefficient (Wildman–Crippen LogP) is 4.19. The van der Waals surface area contributed by atoms with Gasteiger partial charge in [-0.1, -0.05) is 75.2 Å². The van der Waals surface area contributed by atoms with Crippen LogP contribution >= 0.6 is 0 Å². The molecular formula is C27H34N4O4. The van der Waals surface area contributed by atoms with E-state index >= 15 is 0 Å². The highest BCUT2D eigenvalue weighted by atomic mass is 16.5. The smallest absolute Gasteiger partial charge is 0.330 e. The summed E-state index contributed by atoms with van der Waals surface area (Å²) in [5.41, 5.74) is 7.03. The van der Waals surface area contributed by atoms with Crippen LogP contribution in [-0.2, 0) is 11.3 Å². The van der Waals surface area contributed by atoms with Crippen molar-refractivity contribution in [3.8, 4) is 16.9 Å². The van der Waals surface area contributed by atoms with Gasteiger partial charge in [0.15, 0.2) is 5.69 Å². The van der Waals surface area contributed by atoms with Gasteiger partial charge in [0.25, 0.3) is 5.56 Å². The van der Waals surface area contributed by atoms with Gasteiger partial charge in [-0.05, 0) is 24.5 Å². The second kappa shape index (κ2) is 12.6. The Morgan fingerprint density at radius 1 is 1.00 bits per heavy atom. The van der Waals surface area contributed by atoms with Gasteiger partial charge >= 0.3 is 5.69 Å². The van der Waals surface area contributed by atoms with E-state index in [1.807, 2.05) is 68.4 Å². The number of nitrogens with zero attached hydrogens (tertiary/aromatic N) is 2. The molecule has 0 atom stereocenters. The Balaban J connectivity index is 1.81. The maximum atomic E-state index is 13.3. The third kappa shape index (κ3) is 6.41. The van der Waals surface area contributed by atoms with Crippen LogP contribution in [0.25, 0.3) is 11.1 Å². The number of carbonyl (C=O) groups excluding carboxylic acids is 1. The lowest BCUT2D eigenvalue weighted by Gasteiger charge is -2.24. The predicted molar refractivity (Wildman–Crippen MR) is 140 cm³/mol. The number of carbonyl (C=O) groups is 1. The molecule has 1 amide bonds. The van der Waals surface area contributed by atoms with Crippen LogP contribution < -0.4 is 26.6 Å². The fourth-order valence-corrected chi connectivity index (χ4v) is 3.89. The summed E-state index contributed by atoms with van der Waals surface area (Å²) in [6, 6.07) is 17.5. The Hall–Kier alpha value is -3.81. The molecule has 0 radical (unpaired) electrons. The van der Waals surface area contributed by atoms with Gasteiger partial charge in [0.1, 0.15) is 11.6 Å². The Labute approximate surface area is 205 Å². The third-order valence-corrected chi connectivity index (χ3v) is 5.80. The maximum absolute atomic E-state index is 13.3. The number of nitrogens with one attached hydrogen (secondary N) is 1. The van der Waals surface area contributed by atoms with Crippen molar-refractivity contribution >= 4 is 17.4 Å². The Kier molecular flexibility index (Phi) is 9.29. The van der Waals surface area contributed by atoms with Crippen LogP contribution in [0.1, 0.15) is 46.0 Å². The first-order chi connectivity index (χ1) is 17.0. The molecule has 35 heavy (non-hydrogen) atoms. The molecule has 0 spiro atoms. The Morgan fingerprint density at radius 2 is 1.69 bits per heavy atom. The average molecular weight is 479 g/mol. The van der Waals surface area contributed by atoms with Crippen LogP contribution in [0.15, 0.2) is 64.2 Å². The van der Waals surface area contributed by atoms with Gasteiger partial charge in [-0.3, -0.25) is 19.1 Å². The van der Waals surface area contributed by atoms with Gasteiger partial charge in [-0.15, -0.1) is 0 Å². The number of benzene rings is 2. The molecule has 0 aliphatic rings. The summed E-state index contributed by atoms with van der Waals surface area (Å²) in [5.74, 6) is 0.414. The summed E-state index contributed by atoms with van der Waals surface area (Å²) >= 11 is 0. The summed E-state index contributed by atoms with van der Waals surface area (Å²) in [6.07, 6.45) is 3.17. The van der Waals surface area contributed by atoms with E-state index in [1.165, 1.54) is 9.47 Å². The highest BCUT2D eigenvalue weighted by Gasteiger charge is 2.24. The number of H-pyrrole nitrogens is 1. The number of nitrogen functional groups attached to an aromatic ring is 1. The minimum Gasteiger partial charge on any atom is -0.492 e. The van der Waals surface area contributed by atoms with Crippen LogP contribution in [-0.4, -0.2) is 28.6 Å². The Bertz CT molecular complexity index is 1230. The number of ether oxygens (including phenoxy) is 1. The molecular weight excluding hydrogens is 444 g/mol. The van der Waals surface area contributed by atoms with Crippen LogP contribution in [0.4, 0.5) is 11.5 Å². The molecule has 8 heteroatoms.